The molecule has 2 fully saturated rings. The monoisotopic (exact) mass is 507 g/mol. The summed E-state index contributed by atoms with van der Waals surface area (Å²) in [6.45, 7) is 7.28. The van der Waals surface area contributed by atoms with Gasteiger partial charge in [-0.3, -0.25) is 14.6 Å². The number of carbonyl (C=O) groups excluding carboxylic acids is 2. The Balaban J connectivity index is 0.00000392. The van der Waals surface area contributed by atoms with Crippen LogP contribution in [0, 0.1) is 5.92 Å². The molecule has 2 saturated heterocycles. The zero-order valence-corrected chi connectivity index (χ0v) is 19.9. The van der Waals surface area contributed by atoms with Crippen LogP contribution in [0.15, 0.2) is 4.99 Å². The van der Waals surface area contributed by atoms with Crippen LogP contribution in [0.2, 0.25) is 0 Å². The highest BCUT2D eigenvalue weighted by molar-refractivity contribution is 14.0. The van der Waals surface area contributed by atoms with E-state index in [1.54, 1.807) is 7.05 Å². The third-order valence-electron chi connectivity index (χ3n) is 5.52. The number of rotatable bonds is 7. The fourth-order valence-electron chi connectivity index (χ4n) is 3.86. The average molecular weight is 507 g/mol. The van der Waals surface area contributed by atoms with Crippen LogP contribution < -0.4 is 10.6 Å². The molecule has 7 nitrogen and oxygen atoms in total. The summed E-state index contributed by atoms with van der Waals surface area (Å²) < 4.78 is 0. The summed E-state index contributed by atoms with van der Waals surface area (Å²) in [6, 6.07) is 0. The van der Waals surface area contributed by atoms with Gasteiger partial charge in [-0.2, -0.15) is 0 Å². The molecule has 2 aliphatic rings. The van der Waals surface area contributed by atoms with E-state index in [0.717, 1.165) is 77.3 Å². The highest BCUT2D eigenvalue weighted by Crippen LogP contribution is 2.20. The van der Waals surface area contributed by atoms with Gasteiger partial charge in [0.25, 0.3) is 0 Å². The van der Waals surface area contributed by atoms with Gasteiger partial charge in [-0.05, 0) is 44.9 Å². The van der Waals surface area contributed by atoms with E-state index in [2.05, 4.69) is 22.5 Å². The van der Waals surface area contributed by atoms with Crippen molar-refractivity contribution in [2.24, 2.45) is 10.9 Å². The van der Waals surface area contributed by atoms with Crippen LogP contribution in [-0.4, -0.2) is 73.9 Å². The van der Waals surface area contributed by atoms with Crippen molar-refractivity contribution in [1.82, 2.24) is 20.4 Å². The first kappa shape index (κ1) is 25.0. The van der Waals surface area contributed by atoms with E-state index >= 15 is 0 Å². The number of guanidine groups is 1. The number of hydrogen-bond acceptors (Lipinski definition) is 3. The molecule has 8 heteroatoms. The number of likely N-dealkylation sites (tertiary alicyclic amines) is 2. The molecule has 0 aromatic heterocycles. The highest BCUT2D eigenvalue weighted by atomic mass is 127. The number of halogens is 1. The minimum atomic E-state index is 0. The van der Waals surface area contributed by atoms with E-state index in [1.165, 1.54) is 6.42 Å². The first-order chi connectivity index (χ1) is 13.1. The fourth-order valence-corrected chi connectivity index (χ4v) is 3.86. The Morgan fingerprint density at radius 1 is 1.18 bits per heavy atom. The molecule has 0 aromatic rings. The maximum atomic E-state index is 12.1. The van der Waals surface area contributed by atoms with E-state index in [0.29, 0.717) is 24.7 Å². The minimum Gasteiger partial charge on any atom is -0.359 e. The van der Waals surface area contributed by atoms with Crippen molar-refractivity contribution in [3.05, 3.63) is 0 Å². The van der Waals surface area contributed by atoms with Crippen LogP contribution in [0.4, 0.5) is 0 Å². The molecule has 2 aliphatic heterocycles. The normalized spacial score (nSPS) is 19.1. The number of hydrogen-bond donors (Lipinski definition) is 2. The van der Waals surface area contributed by atoms with Gasteiger partial charge in [0.2, 0.25) is 11.8 Å². The zero-order chi connectivity index (χ0) is 19.5. The van der Waals surface area contributed by atoms with Gasteiger partial charge < -0.3 is 20.4 Å². The molecule has 0 aromatic carbocycles. The summed E-state index contributed by atoms with van der Waals surface area (Å²) in [4.78, 5) is 32.7. The smallest absolute Gasteiger partial charge is 0.222 e. The molecular formula is C20H38IN5O2. The van der Waals surface area contributed by atoms with Crippen molar-refractivity contribution >= 4 is 41.8 Å². The lowest BCUT2D eigenvalue weighted by Crippen LogP contribution is -2.46. The van der Waals surface area contributed by atoms with Crippen LogP contribution >= 0.6 is 24.0 Å². The Morgan fingerprint density at radius 2 is 1.93 bits per heavy atom. The fraction of sp³-hybridized carbons (Fsp3) is 0.850. The molecule has 0 atom stereocenters. The number of piperidine rings is 1. The van der Waals surface area contributed by atoms with Gasteiger partial charge in [0.15, 0.2) is 5.96 Å². The number of amides is 2. The lowest BCUT2D eigenvalue weighted by molar-refractivity contribution is -0.130. The van der Waals surface area contributed by atoms with Gasteiger partial charge in [0.05, 0.1) is 0 Å². The van der Waals surface area contributed by atoms with E-state index in [1.807, 2.05) is 4.90 Å². The minimum absolute atomic E-state index is 0. The summed E-state index contributed by atoms with van der Waals surface area (Å²) >= 11 is 0. The summed E-state index contributed by atoms with van der Waals surface area (Å²) in [7, 11) is 1.70. The maximum absolute atomic E-state index is 12.1. The molecule has 0 bridgehead atoms. The molecule has 2 amide bonds. The van der Waals surface area contributed by atoms with Crippen molar-refractivity contribution in [2.75, 3.05) is 46.3 Å². The molecule has 0 radical (unpaired) electrons. The van der Waals surface area contributed by atoms with E-state index in [4.69, 9.17) is 4.99 Å². The standard InChI is InChI=1S/C20H37N5O2.HI/c1-3-22-20(25-14-9-17(10-15-25)16-18(26)21-2)23-11-7-13-24-12-6-4-5-8-19(24)27;/h17H,3-16H2,1-2H3,(H,21,26)(H,22,23);1H. The van der Waals surface area contributed by atoms with Crippen LogP contribution in [0.5, 0.6) is 0 Å². The average Bonchev–Trinajstić information content (AvgIpc) is 2.89. The molecule has 162 valence electrons. The van der Waals surface area contributed by atoms with Crippen LogP contribution in [-0.2, 0) is 9.59 Å². The van der Waals surface area contributed by atoms with Gasteiger partial charge in [-0.1, -0.05) is 6.42 Å². The molecule has 2 rings (SSSR count). The van der Waals surface area contributed by atoms with Crippen molar-refractivity contribution < 1.29 is 9.59 Å². The lowest BCUT2D eigenvalue weighted by Gasteiger charge is -2.34. The number of aliphatic imine (C=N–C) groups is 1. The molecule has 2 N–H and O–H groups in total. The number of carbonyl (C=O) groups is 2. The topological polar surface area (TPSA) is 77.0 Å². The molecule has 2 heterocycles. The predicted octanol–water partition coefficient (Wildman–Crippen LogP) is 2.21. The van der Waals surface area contributed by atoms with Gasteiger partial charge in [-0.15, -0.1) is 24.0 Å². The second-order valence-electron chi connectivity index (χ2n) is 7.59. The Labute approximate surface area is 187 Å². The largest absolute Gasteiger partial charge is 0.359 e. The van der Waals surface area contributed by atoms with Gasteiger partial charge in [-0.25, -0.2) is 0 Å². The van der Waals surface area contributed by atoms with Crippen molar-refractivity contribution in [3.63, 3.8) is 0 Å². The predicted molar refractivity (Wildman–Crippen MR) is 124 cm³/mol. The number of nitrogens with zero attached hydrogens (tertiary/aromatic N) is 3. The van der Waals surface area contributed by atoms with E-state index < -0.39 is 0 Å². The molecule has 0 saturated carbocycles. The maximum Gasteiger partial charge on any atom is 0.222 e. The summed E-state index contributed by atoms with van der Waals surface area (Å²) in [5.74, 6) is 1.88. The molecule has 0 unspecified atom stereocenters. The first-order valence-corrected chi connectivity index (χ1v) is 10.7. The van der Waals surface area contributed by atoms with Crippen molar-refractivity contribution in [1.29, 1.82) is 0 Å². The van der Waals surface area contributed by atoms with Gasteiger partial charge in [0, 0.05) is 59.2 Å². The lowest BCUT2D eigenvalue weighted by atomic mass is 9.93. The molecular weight excluding hydrogens is 469 g/mol. The van der Waals surface area contributed by atoms with Crippen LogP contribution in [0.25, 0.3) is 0 Å². The Kier molecular flexibility index (Phi) is 12.5. The third-order valence-corrected chi connectivity index (χ3v) is 5.52. The Morgan fingerprint density at radius 3 is 2.61 bits per heavy atom. The molecule has 28 heavy (non-hydrogen) atoms. The first-order valence-electron chi connectivity index (χ1n) is 10.7. The van der Waals surface area contributed by atoms with Crippen molar-refractivity contribution in [3.8, 4) is 0 Å². The molecule has 0 spiro atoms. The SMILES string of the molecule is CCNC(=NCCCN1CCCCCC1=O)N1CCC(CC(=O)NC)CC1.I. The Hall–Kier alpha value is -1.06. The third kappa shape index (κ3) is 8.53. The quantitative estimate of drug-likeness (QED) is 0.240. The van der Waals surface area contributed by atoms with Gasteiger partial charge in [0.1, 0.15) is 0 Å². The highest BCUT2D eigenvalue weighted by Gasteiger charge is 2.23. The second kappa shape index (κ2) is 14.0. The molecule has 0 aliphatic carbocycles. The summed E-state index contributed by atoms with van der Waals surface area (Å²) in [5, 5.41) is 6.11. The Bertz CT molecular complexity index is 507. The zero-order valence-electron chi connectivity index (χ0n) is 17.5. The number of nitrogens with one attached hydrogen (secondary N) is 2. The van der Waals surface area contributed by atoms with Gasteiger partial charge >= 0.3 is 0 Å². The summed E-state index contributed by atoms with van der Waals surface area (Å²) in [6.07, 6.45) is 7.63. The van der Waals surface area contributed by atoms with E-state index in [9.17, 15) is 9.59 Å². The van der Waals surface area contributed by atoms with Crippen molar-refractivity contribution in [2.45, 2.75) is 58.3 Å². The second-order valence-corrected chi connectivity index (χ2v) is 7.59. The van der Waals surface area contributed by atoms with Crippen LogP contribution in [0.3, 0.4) is 0 Å². The van der Waals surface area contributed by atoms with E-state index in [-0.39, 0.29) is 29.9 Å². The van der Waals surface area contributed by atoms with Crippen LogP contribution in [0.1, 0.15) is 58.3 Å². The summed E-state index contributed by atoms with van der Waals surface area (Å²) in [5.41, 5.74) is 0.